The van der Waals surface area contributed by atoms with Crippen molar-refractivity contribution in [2.75, 3.05) is 0 Å². The molecular weight excluding hydrogens is 148 g/mol. The van der Waals surface area contributed by atoms with Crippen molar-refractivity contribution in [3.63, 3.8) is 0 Å². The first kappa shape index (κ1) is 7.11. The Morgan fingerprint density at radius 2 is 1.92 bits per heavy atom. The fourth-order valence-electron chi connectivity index (χ4n) is 4.23. The lowest BCUT2D eigenvalue weighted by Gasteiger charge is -2.27. The van der Waals surface area contributed by atoms with Crippen molar-refractivity contribution >= 4 is 5.78 Å². The van der Waals surface area contributed by atoms with Crippen molar-refractivity contribution in [3.8, 4) is 0 Å². The predicted molar refractivity (Wildman–Crippen MR) is 46.7 cm³/mol. The monoisotopic (exact) mass is 164 g/mol. The van der Waals surface area contributed by atoms with Crippen LogP contribution < -0.4 is 0 Å². The Kier molecular flexibility index (Phi) is 1.26. The molecule has 0 N–H and O–H groups in total. The molecular formula is C11H16O. The summed E-state index contributed by atoms with van der Waals surface area (Å²) in [4.78, 5) is 11.7. The van der Waals surface area contributed by atoms with Gasteiger partial charge in [0, 0.05) is 12.3 Å². The summed E-state index contributed by atoms with van der Waals surface area (Å²) in [7, 11) is 0. The Morgan fingerprint density at radius 3 is 2.75 bits per heavy atom. The number of carbonyl (C=O) groups excluding carboxylic acids is 1. The van der Waals surface area contributed by atoms with Crippen LogP contribution in [0.25, 0.3) is 0 Å². The maximum Gasteiger partial charge on any atom is 0.136 e. The van der Waals surface area contributed by atoms with Crippen molar-refractivity contribution < 1.29 is 4.79 Å². The minimum absolute atomic E-state index is 0.505. The molecule has 12 heavy (non-hydrogen) atoms. The van der Waals surface area contributed by atoms with Gasteiger partial charge in [-0.2, -0.15) is 0 Å². The van der Waals surface area contributed by atoms with E-state index in [4.69, 9.17) is 0 Å². The summed E-state index contributed by atoms with van der Waals surface area (Å²) in [5.74, 6) is 1.92. The molecule has 1 spiro atoms. The molecule has 1 heteroatoms. The van der Waals surface area contributed by atoms with Crippen LogP contribution in [0.15, 0.2) is 0 Å². The van der Waals surface area contributed by atoms with E-state index in [-0.39, 0.29) is 0 Å². The summed E-state index contributed by atoms with van der Waals surface area (Å²) in [6.07, 6.45) is 8.96. The van der Waals surface area contributed by atoms with Crippen LogP contribution in [-0.2, 0) is 4.79 Å². The average Bonchev–Trinajstić information content (AvgIpc) is 2.63. The first-order valence-corrected chi connectivity index (χ1v) is 5.36. The van der Waals surface area contributed by atoms with E-state index in [1.807, 2.05) is 0 Å². The zero-order chi connectivity index (χ0) is 8.18. The second-order valence-corrected chi connectivity index (χ2v) is 4.94. The molecule has 0 amide bonds. The van der Waals surface area contributed by atoms with Crippen molar-refractivity contribution in [3.05, 3.63) is 0 Å². The minimum atomic E-state index is 0.505. The zero-order valence-corrected chi connectivity index (χ0v) is 7.51. The van der Waals surface area contributed by atoms with Crippen LogP contribution in [-0.4, -0.2) is 5.78 Å². The Balaban J connectivity index is 2.03. The highest BCUT2D eigenvalue weighted by molar-refractivity contribution is 5.85. The summed E-state index contributed by atoms with van der Waals surface area (Å²) >= 11 is 0. The fraction of sp³-hybridized carbons (Fsp3) is 0.909. The SMILES string of the molecule is O=C1C[C@H]2CCC[C@]23CCC[C@H]13. The number of rotatable bonds is 0. The number of hydrogen-bond acceptors (Lipinski definition) is 1. The molecule has 0 unspecified atom stereocenters. The highest BCUT2D eigenvalue weighted by atomic mass is 16.1. The standard InChI is InChI=1S/C11H16O/c12-10-7-8-3-1-5-11(8)6-2-4-9(10)11/h8-9H,1-7H2/t8-,9-,11+/m1/s1. The van der Waals surface area contributed by atoms with Gasteiger partial charge in [-0.05, 0) is 37.0 Å². The third-order valence-corrected chi connectivity index (χ3v) is 4.67. The maximum atomic E-state index is 11.7. The van der Waals surface area contributed by atoms with Gasteiger partial charge in [-0.3, -0.25) is 4.79 Å². The molecule has 3 saturated carbocycles. The van der Waals surface area contributed by atoms with Gasteiger partial charge in [0.15, 0.2) is 0 Å². The van der Waals surface area contributed by atoms with Gasteiger partial charge in [0.1, 0.15) is 5.78 Å². The van der Waals surface area contributed by atoms with E-state index in [1.54, 1.807) is 0 Å². The first-order valence-electron chi connectivity index (χ1n) is 5.36. The highest BCUT2D eigenvalue weighted by Crippen LogP contribution is 2.63. The van der Waals surface area contributed by atoms with Gasteiger partial charge in [0.2, 0.25) is 0 Å². The van der Waals surface area contributed by atoms with Crippen molar-refractivity contribution in [1.29, 1.82) is 0 Å². The van der Waals surface area contributed by atoms with Gasteiger partial charge < -0.3 is 0 Å². The Labute approximate surface area is 73.5 Å². The van der Waals surface area contributed by atoms with E-state index in [1.165, 1.54) is 38.5 Å². The van der Waals surface area contributed by atoms with Crippen molar-refractivity contribution in [1.82, 2.24) is 0 Å². The maximum absolute atomic E-state index is 11.7. The van der Waals surface area contributed by atoms with Gasteiger partial charge in [-0.25, -0.2) is 0 Å². The number of carbonyl (C=O) groups is 1. The second-order valence-electron chi connectivity index (χ2n) is 4.94. The quantitative estimate of drug-likeness (QED) is 0.537. The van der Waals surface area contributed by atoms with Gasteiger partial charge in [0.05, 0.1) is 0 Å². The molecule has 0 saturated heterocycles. The molecule has 0 aromatic carbocycles. The topological polar surface area (TPSA) is 17.1 Å². The van der Waals surface area contributed by atoms with Crippen molar-refractivity contribution in [2.45, 2.75) is 44.9 Å². The lowest BCUT2D eigenvalue weighted by atomic mass is 9.76. The van der Waals surface area contributed by atoms with Crippen LogP contribution >= 0.6 is 0 Å². The normalized spacial score (nSPS) is 51.2. The summed E-state index contributed by atoms with van der Waals surface area (Å²) < 4.78 is 0. The van der Waals surface area contributed by atoms with E-state index >= 15 is 0 Å². The molecule has 3 aliphatic rings. The van der Waals surface area contributed by atoms with Crippen LogP contribution in [0, 0.1) is 17.3 Å². The largest absolute Gasteiger partial charge is 0.299 e. The average molecular weight is 164 g/mol. The van der Waals surface area contributed by atoms with Gasteiger partial charge in [-0.1, -0.05) is 12.8 Å². The van der Waals surface area contributed by atoms with Crippen LogP contribution in [0.5, 0.6) is 0 Å². The van der Waals surface area contributed by atoms with Crippen LogP contribution in [0.2, 0.25) is 0 Å². The van der Waals surface area contributed by atoms with Gasteiger partial charge in [-0.15, -0.1) is 0 Å². The van der Waals surface area contributed by atoms with Gasteiger partial charge >= 0.3 is 0 Å². The first-order chi connectivity index (χ1) is 5.83. The molecule has 3 rings (SSSR count). The van der Waals surface area contributed by atoms with Gasteiger partial charge in [0.25, 0.3) is 0 Å². The molecule has 66 valence electrons. The molecule has 0 bridgehead atoms. The van der Waals surface area contributed by atoms with Crippen LogP contribution in [0.3, 0.4) is 0 Å². The molecule has 3 fully saturated rings. The Bertz CT molecular complexity index is 229. The zero-order valence-electron chi connectivity index (χ0n) is 7.51. The fourth-order valence-corrected chi connectivity index (χ4v) is 4.23. The summed E-state index contributed by atoms with van der Waals surface area (Å²) in [5, 5.41) is 0. The number of Topliss-reactive ketones (excluding diaryl/α,β-unsaturated/α-hetero) is 1. The second kappa shape index (κ2) is 2.12. The highest BCUT2D eigenvalue weighted by Gasteiger charge is 2.58. The van der Waals surface area contributed by atoms with Crippen LogP contribution in [0.1, 0.15) is 44.9 Å². The van der Waals surface area contributed by atoms with Crippen LogP contribution in [0.4, 0.5) is 0 Å². The van der Waals surface area contributed by atoms with E-state index in [2.05, 4.69) is 0 Å². The number of ketones is 1. The number of hydrogen-bond donors (Lipinski definition) is 0. The minimum Gasteiger partial charge on any atom is -0.299 e. The predicted octanol–water partition coefficient (Wildman–Crippen LogP) is 2.55. The summed E-state index contributed by atoms with van der Waals surface area (Å²) in [6.45, 7) is 0. The molecule has 0 aromatic heterocycles. The Morgan fingerprint density at radius 1 is 1.17 bits per heavy atom. The molecule has 0 aromatic rings. The third kappa shape index (κ3) is 0.641. The lowest BCUT2D eigenvalue weighted by molar-refractivity contribution is -0.121. The van der Waals surface area contributed by atoms with E-state index < -0.39 is 0 Å². The molecule has 0 radical (unpaired) electrons. The third-order valence-electron chi connectivity index (χ3n) is 4.67. The molecule has 0 heterocycles. The van der Waals surface area contributed by atoms with E-state index in [0.717, 1.165) is 12.3 Å². The molecule has 0 aliphatic heterocycles. The van der Waals surface area contributed by atoms with E-state index in [9.17, 15) is 4.79 Å². The van der Waals surface area contributed by atoms with E-state index in [0.29, 0.717) is 17.1 Å². The summed E-state index contributed by atoms with van der Waals surface area (Å²) in [6, 6.07) is 0. The molecule has 3 aliphatic carbocycles. The summed E-state index contributed by atoms with van der Waals surface area (Å²) in [5.41, 5.74) is 0.539. The van der Waals surface area contributed by atoms with Crippen molar-refractivity contribution in [2.24, 2.45) is 17.3 Å². The lowest BCUT2D eigenvalue weighted by Crippen LogP contribution is -2.23. The molecule has 1 nitrogen and oxygen atoms in total. The smallest absolute Gasteiger partial charge is 0.136 e. The Hall–Kier alpha value is -0.330. The molecule has 3 atom stereocenters.